The highest BCUT2D eigenvalue weighted by atomic mass is 32.2. The van der Waals surface area contributed by atoms with Crippen molar-refractivity contribution in [3.05, 3.63) is 29.8 Å². The Labute approximate surface area is 255 Å². The zero-order valence-electron chi connectivity index (χ0n) is 27.5. The number of rotatable bonds is 10. The predicted octanol–water partition coefficient (Wildman–Crippen LogP) is 5.84. The van der Waals surface area contributed by atoms with Crippen LogP contribution in [0.3, 0.4) is 0 Å². The van der Waals surface area contributed by atoms with Crippen LogP contribution in [0.15, 0.2) is 24.3 Å². The van der Waals surface area contributed by atoms with Gasteiger partial charge in [-0.25, -0.2) is 0 Å². The fraction of sp³-hybridized carbons (Fsp3) is 0.679. The van der Waals surface area contributed by atoms with Crippen molar-refractivity contribution in [2.45, 2.75) is 121 Å². The summed E-state index contributed by atoms with van der Waals surface area (Å²) in [6, 6.07) is 5.97. The van der Waals surface area contributed by atoms with E-state index in [4.69, 9.17) is 8.85 Å². The molecule has 230 valence electrons. The van der Waals surface area contributed by atoms with Crippen molar-refractivity contribution in [1.82, 2.24) is 14.4 Å². The van der Waals surface area contributed by atoms with Crippen LogP contribution in [0.5, 0.6) is 5.75 Å². The molecule has 1 N–H and O–H groups in total. The molecule has 0 radical (unpaired) electrons. The summed E-state index contributed by atoms with van der Waals surface area (Å²) in [4.78, 5) is 47.3. The lowest BCUT2D eigenvalue weighted by atomic mass is 9.95. The Hall–Kier alpha value is -1.39. The molecule has 2 fully saturated rings. The van der Waals surface area contributed by atoms with E-state index in [0.29, 0.717) is 0 Å². The van der Waals surface area contributed by atoms with Gasteiger partial charge >= 0.3 is 5.97 Å². The molecule has 4 atom stereocenters. The Kier molecular flexibility index (Phi) is 9.37. The number of fused-ring (bicyclic) bond motifs is 1. The van der Waals surface area contributed by atoms with Gasteiger partial charge in [0, 0.05) is 4.75 Å². The number of nitrogens with zero attached hydrogens (tertiary/aromatic N) is 2. The maximum Gasteiger partial charge on any atom is 0.317 e. The molecule has 41 heavy (non-hydrogen) atoms. The van der Waals surface area contributed by atoms with Gasteiger partial charge in [-0.3, -0.25) is 14.4 Å². The molecule has 2 saturated heterocycles. The largest absolute Gasteiger partial charge is 0.544 e. The van der Waals surface area contributed by atoms with E-state index in [1.54, 1.807) is 16.7 Å². The average Bonchev–Trinajstić information content (AvgIpc) is 3.00. The van der Waals surface area contributed by atoms with E-state index in [9.17, 15) is 14.4 Å². The van der Waals surface area contributed by atoms with Crippen LogP contribution in [0.25, 0.3) is 0 Å². The van der Waals surface area contributed by atoms with Crippen LogP contribution in [0.1, 0.15) is 25.5 Å². The number of hydrogen-bond acceptors (Lipinski definition) is 7. The van der Waals surface area contributed by atoms with Gasteiger partial charge in [-0.05, 0) is 70.8 Å². The summed E-state index contributed by atoms with van der Waals surface area (Å²) < 4.78 is 13.4. The molecule has 1 aromatic carbocycles. The van der Waals surface area contributed by atoms with E-state index in [1.165, 1.54) is 0 Å². The van der Waals surface area contributed by atoms with Gasteiger partial charge in [0.05, 0.1) is 0 Å². The predicted molar refractivity (Wildman–Crippen MR) is 179 cm³/mol. The molecule has 2 aliphatic rings. The van der Waals surface area contributed by atoms with Crippen LogP contribution in [0.4, 0.5) is 0 Å². The molecule has 2 heterocycles. The van der Waals surface area contributed by atoms with Gasteiger partial charge in [0.15, 0.2) is 8.24 Å². The molecule has 0 bridgehead atoms. The second kappa shape index (κ2) is 11.3. The van der Waals surface area contributed by atoms with Crippen LogP contribution in [-0.2, 0) is 18.8 Å². The van der Waals surface area contributed by atoms with Gasteiger partial charge in [0.2, 0.25) is 28.4 Å². The highest BCUT2D eigenvalue weighted by molar-refractivity contribution is 8.01. The molecule has 3 rings (SSSR count). The number of carbonyl (C=O) groups excluding carboxylic acids is 3. The third kappa shape index (κ3) is 7.96. The van der Waals surface area contributed by atoms with Crippen LogP contribution in [0, 0.1) is 0 Å². The normalized spacial score (nSPS) is 23.4. The van der Waals surface area contributed by atoms with Gasteiger partial charge in [-0.15, -0.1) is 11.8 Å². The fourth-order valence-corrected chi connectivity index (χ4v) is 11.8. The summed E-state index contributed by atoms with van der Waals surface area (Å²) in [6.45, 7) is 29.2. The van der Waals surface area contributed by atoms with Gasteiger partial charge in [0.1, 0.15) is 37.5 Å². The van der Waals surface area contributed by atoms with E-state index >= 15 is 0 Å². The quantitative estimate of drug-likeness (QED) is 0.251. The first kappa shape index (κ1) is 34.1. The van der Waals surface area contributed by atoms with Crippen LogP contribution >= 0.6 is 11.8 Å². The molecule has 1 aromatic rings. The topological polar surface area (TPSA) is 88.2 Å². The zero-order chi connectivity index (χ0) is 31.5. The monoisotopic (exact) mass is 653 g/mol. The highest BCUT2D eigenvalue weighted by Gasteiger charge is 2.67. The maximum atomic E-state index is 14.6. The molecule has 0 spiro atoms. The zero-order valence-corrected chi connectivity index (χ0v) is 32.3. The van der Waals surface area contributed by atoms with Crippen molar-refractivity contribution in [3.63, 3.8) is 0 Å². The fourth-order valence-electron chi connectivity index (χ4n) is 5.40. The minimum absolute atomic E-state index is 0.0741. The number of hydrogen-bond donors (Lipinski definition) is 1. The lowest BCUT2D eigenvalue weighted by Gasteiger charge is -2.53. The lowest BCUT2D eigenvalue weighted by molar-refractivity contribution is -0.164. The van der Waals surface area contributed by atoms with Crippen molar-refractivity contribution < 1.29 is 23.2 Å². The molecular formula is C28H51N3O5SSi4. The number of carbonyl (C=O) groups is 3. The maximum absolute atomic E-state index is 14.6. The number of benzene rings is 1. The third-order valence-electron chi connectivity index (χ3n) is 6.74. The lowest BCUT2D eigenvalue weighted by Crippen LogP contribution is -2.75. The number of thioether (sulfide) groups is 1. The van der Waals surface area contributed by atoms with E-state index in [0.717, 1.165) is 11.3 Å². The Bertz CT molecular complexity index is 1170. The van der Waals surface area contributed by atoms with Gasteiger partial charge in [0.25, 0.3) is 0 Å². The summed E-state index contributed by atoms with van der Waals surface area (Å²) in [5.41, 5.74) is 0.864. The first-order chi connectivity index (χ1) is 18.3. The molecule has 2 amide bonds. The molecular weight excluding hydrogens is 603 g/mol. The number of nitrogens with one attached hydrogen (secondary N) is 1. The number of amides is 2. The first-order valence-corrected chi connectivity index (χ1v) is 29.1. The van der Waals surface area contributed by atoms with Crippen molar-refractivity contribution in [2.24, 2.45) is 0 Å². The smallest absolute Gasteiger partial charge is 0.317 e. The number of β-lactam (4-membered cyclic amide) rings is 1. The van der Waals surface area contributed by atoms with Crippen molar-refractivity contribution in [1.29, 1.82) is 0 Å². The van der Waals surface area contributed by atoms with Crippen molar-refractivity contribution in [2.75, 3.05) is 0 Å². The second-order valence-electron chi connectivity index (χ2n) is 15.7. The third-order valence-corrected chi connectivity index (χ3v) is 13.1. The Balaban J connectivity index is 1.98. The molecule has 2 aliphatic heterocycles. The minimum Gasteiger partial charge on any atom is -0.544 e. The summed E-state index contributed by atoms with van der Waals surface area (Å²) >= 11 is 1.61. The average molecular weight is 654 g/mol. The summed E-state index contributed by atoms with van der Waals surface area (Å²) in [7, 11) is -8.21. The summed E-state index contributed by atoms with van der Waals surface area (Å²) in [5, 5.41) is -0.285. The SMILES string of the molecule is CC1(C)SC2C(N(C(=O)C(N[Si](C)(C)C)c3ccc(O[Si](C)(C)C)cc3)[Si](C)(C)C)C(=O)N2C1C(=O)O[Si](C)(C)C. The Morgan fingerprint density at radius 1 is 0.927 bits per heavy atom. The van der Waals surface area contributed by atoms with Crippen LogP contribution < -0.4 is 9.41 Å². The molecule has 0 aromatic heterocycles. The molecule has 0 aliphatic carbocycles. The highest BCUT2D eigenvalue weighted by Crippen LogP contribution is 2.53. The van der Waals surface area contributed by atoms with Gasteiger partial charge < -0.3 is 23.3 Å². The van der Waals surface area contributed by atoms with E-state index in [1.807, 2.05) is 62.3 Å². The Morgan fingerprint density at radius 2 is 1.46 bits per heavy atom. The van der Waals surface area contributed by atoms with Gasteiger partial charge in [-0.2, -0.15) is 0 Å². The first-order valence-electron chi connectivity index (χ1n) is 14.5. The second-order valence-corrected chi connectivity index (χ2v) is 36.0. The minimum atomic E-state index is -2.36. The Morgan fingerprint density at radius 3 is 1.90 bits per heavy atom. The molecule has 8 nitrogen and oxygen atoms in total. The molecule has 13 heteroatoms. The van der Waals surface area contributed by atoms with Crippen molar-refractivity contribution >= 4 is 62.7 Å². The van der Waals surface area contributed by atoms with Crippen molar-refractivity contribution in [3.8, 4) is 5.75 Å². The van der Waals surface area contributed by atoms with Crippen LogP contribution in [0.2, 0.25) is 78.6 Å². The summed E-state index contributed by atoms with van der Waals surface area (Å²) in [5.74, 6) is 0.238. The van der Waals surface area contributed by atoms with Gasteiger partial charge in [-0.1, -0.05) is 51.4 Å². The molecule has 4 unspecified atom stereocenters. The standard InChI is InChI=1S/C28H51N3O5SSi4/c1-28(2)23(27(34)36-41(12,13)14)30-25(33)22(26(30)37-28)31(39(6,7)8)24(32)21(29-38(3,4)5)19-15-17-20(18-16-19)35-40(9,10)11/h15-18,21-23,26,29H,1-14H3. The molecule has 0 saturated carbocycles. The van der Waals surface area contributed by atoms with E-state index in [-0.39, 0.29) is 23.2 Å². The summed E-state index contributed by atoms with van der Waals surface area (Å²) in [6.07, 6.45) is 0. The van der Waals surface area contributed by atoms with E-state index < -0.39 is 56.0 Å². The van der Waals surface area contributed by atoms with E-state index in [2.05, 4.69) is 63.9 Å². The van der Waals surface area contributed by atoms with Crippen LogP contribution in [-0.4, -0.2) is 82.6 Å².